The number of nitrogens with one attached hydrogen (secondary N) is 2. The zero-order valence-corrected chi connectivity index (χ0v) is 15.1. The minimum atomic E-state index is -0.256. The minimum Gasteiger partial charge on any atom is -0.369 e. The lowest BCUT2D eigenvalue weighted by Gasteiger charge is -2.24. The van der Waals surface area contributed by atoms with Crippen LogP contribution in [0.15, 0.2) is 41.3 Å². The van der Waals surface area contributed by atoms with Crippen molar-refractivity contribution in [1.82, 2.24) is 24.8 Å². The molecular weight excluding hydrogens is 344 g/mol. The summed E-state index contributed by atoms with van der Waals surface area (Å²) >= 11 is 0. The van der Waals surface area contributed by atoms with Gasteiger partial charge in [-0.25, -0.2) is 4.98 Å². The van der Waals surface area contributed by atoms with Gasteiger partial charge in [0.1, 0.15) is 0 Å². The number of carbonyl (C=O) groups excluding carboxylic acids is 1. The van der Waals surface area contributed by atoms with Crippen LogP contribution in [0, 0.1) is 0 Å². The standard InChI is InChI=1S/C19H22N6O2/c1-24(10-13-9-16(26)23-19(20)22-13)14-6-8-25(11-14)18(27)15-4-2-3-12-5-7-21-17(12)15/h2-5,7,9,14,21H,6,8,10-11H2,1H3,(H3,20,22,23,26)/t14-/m0/s1. The Labute approximate surface area is 156 Å². The van der Waals surface area contributed by atoms with Crippen LogP contribution < -0.4 is 11.3 Å². The second kappa shape index (κ2) is 6.88. The molecule has 1 aromatic carbocycles. The summed E-state index contributed by atoms with van der Waals surface area (Å²) in [5.41, 5.74) is 7.55. The first-order chi connectivity index (χ1) is 13.0. The molecule has 1 fully saturated rings. The van der Waals surface area contributed by atoms with Crippen LogP contribution in [0.25, 0.3) is 10.9 Å². The van der Waals surface area contributed by atoms with Crippen LogP contribution >= 0.6 is 0 Å². The number of amides is 1. The van der Waals surface area contributed by atoms with Gasteiger partial charge in [0.25, 0.3) is 11.5 Å². The Bertz CT molecular complexity index is 1040. The van der Waals surface area contributed by atoms with Crippen molar-refractivity contribution < 1.29 is 4.79 Å². The molecule has 0 bridgehead atoms. The van der Waals surface area contributed by atoms with Crippen molar-refractivity contribution in [2.75, 3.05) is 25.9 Å². The maximum Gasteiger partial charge on any atom is 0.256 e. The molecule has 1 amide bonds. The summed E-state index contributed by atoms with van der Waals surface area (Å²) in [6, 6.07) is 9.39. The predicted molar refractivity (Wildman–Crippen MR) is 103 cm³/mol. The third-order valence-electron chi connectivity index (χ3n) is 5.12. The van der Waals surface area contributed by atoms with Crippen LogP contribution in [-0.2, 0) is 6.54 Å². The van der Waals surface area contributed by atoms with Crippen LogP contribution in [-0.4, -0.2) is 56.8 Å². The van der Waals surface area contributed by atoms with Gasteiger partial charge in [-0.05, 0) is 25.6 Å². The van der Waals surface area contributed by atoms with E-state index in [4.69, 9.17) is 5.73 Å². The number of carbonyl (C=O) groups is 1. The molecule has 0 radical (unpaired) electrons. The van der Waals surface area contributed by atoms with E-state index >= 15 is 0 Å². The highest BCUT2D eigenvalue weighted by Crippen LogP contribution is 2.22. The largest absolute Gasteiger partial charge is 0.369 e. The maximum absolute atomic E-state index is 13.0. The summed E-state index contributed by atoms with van der Waals surface area (Å²) in [5.74, 6) is 0.158. The average molecular weight is 366 g/mol. The molecule has 1 aliphatic rings. The number of hydrogen-bond donors (Lipinski definition) is 3. The molecule has 2 aromatic heterocycles. The zero-order chi connectivity index (χ0) is 19.0. The van der Waals surface area contributed by atoms with Gasteiger partial charge in [0.15, 0.2) is 0 Å². The van der Waals surface area contributed by atoms with Gasteiger partial charge in [-0.2, -0.15) is 0 Å². The van der Waals surface area contributed by atoms with Crippen molar-refractivity contribution in [3.05, 3.63) is 58.1 Å². The number of likely N-dealkylation sites (N-methyl/N-ethyl adjacent to an activating group) is 1. The second-order valence-corrected chi connectivity index (χ2v) is 6.98. The number of fused-ring (bicyclic) bond motifs is 1. The highest BCUT2D eigenvalue weighted by molar-refractivity contribution is 6.05. The van der Waals surface area contributed by atoms with Gasteiger partial charge in [0, 0.05) is 43.3 Å². The van der Waals surface area contributed by atoms with Gasteiger partial charge in [0.05, 0.1) is 16.8 Å². The van der Waals surface area contributed by atoms with Gasteiger partial charge in [-0.15, -0.1) is 0 Å². The normalized spacial score (nSPS) is 17.1. The molecule has 27 heavy (non-hydrogen) atoms. The van der Waals surface area contributed by atoms with E-state index in [0.717, 1.165) is 17.3 Å². The van der Waals surface area contributed by atoms with Gasteiger partial charge in [-0.3, -0.25) is 19.5 Å². The predicted octanol–water partition coefficient (Wildman–Crippen LogP) is 1.18. The van der Waals surface area contributed by atoms with Gasteiger partial charge in [0.2, 0.25) is 5.95 Å². The molecule has 4 rings (SSSR count). The maximum atomic E-state index is 13.0. The quantitative estimate of drug-likeness (QED) is 0.642. The van der Waals surface area contributed by atoms with E-state index in [1.54, 1.807) is 0 Å². The minimum absolute atomic E-state index is 0.0393. The number of para-hydroxylation sites is 1. The molecule has 0 saturated carbocycles. The van der Waals surface area contributed by atoms with Crippen molar-refractivity contribution in [3.8, 4) is 0 Å². The van der Waals surface area contributed by atoms with Gasteiger partial charge < -0.3 is 15.6 Å². The van der Waals surface area contributed by atoms with Gasteiger partial charge >= 0.3 is 0 Å². The third kappa shape index (κ3) is 3.43. The molecule has 0 spiro atoms. The van der Waals surface area contributed by atoms with Crippen LogP contribution in [0.5, 0.6) is 0 Å². The first-order valence-electron chi connectivity index (χ1n) is 8.92. The molecule has 8 heteroatoms. The number of nitrogens with two attached hydrogens (primary N) is 1. The zero-order valence-electron chi connectivity index (χ0n) is 15.1. The average Bonchev–Trinajstić information content (AvgIpc) is 3.29. The topological polar surface area (TPSA) is 111 Å². The van der Waals surface area contributed by atoms with Crippen molar-refractivity contribution in [2.45, 2.75) is 19.0 Å². The lowest BCUT2D eigenvalue weighted by molar-refractivity contribution is 0.0781. The number of aromatic nitrogens is 3. The summed E-state index contributed by atoms with van der Waals surface area (Å²) in [5, 5.41) is 1.03. The Morgan fingerprint density at radius 3 is 3.07 bits per heavy atom. The SMILES string of the molecule is CN(Cc1cc(=O)[nH]c(N)n1)[C@H]1CCN(C(=O)c2cccc3cc[nH]c23)C1. The number of H-pyrrole nitrogens is 2. The highest BCUT2D eigenvalue weighted by atomic mass is 16.2. The Balaban J connectivity index is 1.45. The lowest BCUT2D eigenvalue weighted by Crippen LogP contribution is -2.36. The van der Waals surface area contributed by atoms with E-state index in [2.05, 4.69) is 19.9 Å². The van der Waals surface area contributed by atoms with E-state index < -0.39 is 0 Å². The van der Waals surface area contributed by atoms with Crippen LogP contribution in [0.4, 0.5) is 5.95 Å². The summed E-state index contributed by atoms with van der Waals surface area (Å²) in [6.07, 6.45) is 2.73. The lowest BCUT2D eigenvalue weighted by atomic mass is 10.1. The Hall–Kier alpha value is -3.13. The van der Waals surface area contributed by atoms with Crippen LogP contribution in [0.3, 0.4) is 0 Å². The van der Waals surface area contributed by atoms with E-state index in [1.165, 1.54) is 6.07 Å². The molecule has 1 saturated heterocycles. The molecule has 3 aromatic rings. The van der Waals surface area contributed by atoms with Crippen molar-refractivity contribution >= 4 is 22.8 Å². The van der Waals surface area contributed by atoms with E-state index in [-0.39, 0.29) is 23.5 Å². The van der Waals surface area contributed by atoms with E-state index in [1.807, 2.05) is 42.4 Å². The number of nitrogens with zero attached hydrogens (tertiary/aromatic N) is 3. The molecule has 1 atom stereocenters. The first kappa shape index (κ1) is 17.3. The number of benzene rings is 1. The van der Waals surface area contributed by atoms with E-state index in [9.17, 15) is 9.59 Å². The molecule has 1 aliphatic heterocycles. The number of anilines is 1. The Kier molecular flexibility index (Phi) is 4.41. The Morgan fingerprint density at radius 2 is 2.26 bits per heavy atom. The second-order valence-electron chi connectivity index (χ2n) is 6.98. The van der Waals surface area contributed by atoms with Crippen LogP contribution in [0.1, 0.15) is 22.5 Å². The molecule has 140 valence electrons. The monoisotopic (exact) mass is 366 g/mol. The summed E-state index contributed by atoms with van der Waals surface area (Å²) < 4.78 is 0. The Morgan fingerprint density at radius 1 is 1.41 bits per heavy atom. The highest BCUT2D eigenvalue weighted by Gasteiger charge is 2.30. The first-order valence-corrected chi connectivity index (χ1v) is 8.92. The number of aromatic amines is 2. The fraction of sp³-hybridized carbons (Fsp3) is 0.316. The molecule has 8 nitrogen and oxygen atoms in total. The van der Waals surface area contributed by atoms with Crippen molar-refractivity contribution in [3.63, 3.8) is 0 Å². The summed E-state index contributed by atoms with van der Waals surface area (Å²) in [6.45, 7) is 1.86. The molecule has 4 N–H and O–H groups in total. The fourth-order valence-corrected chi connectivity index (χ4v) is 3.71. The molecule has 0 aliphatic carbocycles. The van der Waals surface area contributed by atoms with E-state index in [0.29, 0.717) is 30.9 Å². The number of nitrogen functional groups attached to an aromatic ring is 1. The van der Waals surface area contributed by atoms with Gasteiger partial charge in [-0.1, -0.05) is 12.1 Å². The molecular formula is C19H22N6O2. The number of hydrogen-bond acceptors (Lipinski definition) is 5. The number of rotatable bonds is 4. The molecule has 0 unspecified atom stereocenters. The van der Waals surface area contributed by atoms with Crippen molar-refractivity contribution in [1.29, 1.82) is 0 Å². The smallest absolute Gasteiger partial charge is 0.256 e. The van der Waals surface area contributed by atoms with Crippen LogP contribution in [0.2, 0.25) is 0 Å². The molecule has 3 heterocycles. The number of likely N-dealkylation sites (tertiary alicyclic amines) is 1. The fourth-order valence-electron chi connectivity index (χ4n) is 3.71. The van der Waals surface area contributed by atoms with Crippen molar-refractivity contribution in [2.24, 2.45) is 0 Å². The third-order valence-corrected chi connectivity index (χ3v) is 5.12. The summed E-state index contributed by atoms with van der Waals surface area (Å²) in [7, 11) is 1.98. The summed E-state index contributed by atoms with van der Waals surface area (Å²) in [4.78, 5) is 38.3.